The molecule has 0 aliphatic carbocycles. The van der Waals surface area contributed by atoms with Crippen molar-refractivity contribution in [2.24, 2.45) is 5.16 Å². The summed E-state index contributed by atoms with van der Waals surface area (Å²) in [7, 11) is 3.58. The SMILES string of the molecule is CSSC/C(CSC(C)(C)C)=N\OC(C)(C)C. The molecule has 2 nitrogen and oxygen atoms in total. The maximum Gasteiger partial charge on any atom is 0.129 e. The van der Waals surface area contributed by atoms with Crippen molar-refractivity contribution < 1.29 is 4.84 Å². The first-order chi connectivity index (χ1) is 7.64. The standard InChI is InChI=1S/C12H25NOS3/c1-11(2,3)14-13-10(9-17-15-7)8-16-12(4,5)6/h8-9H2,1-7H3/b13-10-. The zero-order chi connectivity index (χ0) is 13.5. The van der Waals surface area contributed by atoms with E-state index in [1.165, 1.54) is 0 Å². The number of oxime groups is 1. The van der Waals surface area contributed by atoms with Crippen LogP contribution in [0.2, 0.25) is 0 Å². The molecule has 0 aromatic heterocycles. The molecule has 0 N–H and O–H groups in total. The fraction of sp³-hybridized carbons (Fsp3) is 0.917. The van der Waals surface area contributed by atoms with E-state index in [4.69, 9.17) is 4.84 Å². The van der Waals surface area contributed by atoms with E-state index in [2.05, 4.69) is 32.2 Å². The third kappa shape index (κ3) is 12.8. The topological polar surface area (TPSA) is 21.6 Å². The summed E-state index contributed by atoms with van der Waals surface area (Å²) in [5.74, 6) is 1.87. The van der Waals surface area contributed by atoms with Crippen LogP contribution in [0.1, 0.15) is 41.5 Å². The van der Waals surface area contributed by atoms with Gasteiger partial charge < -0.3 is 4.84 Å². The molecule has 0 atom stereocenters. The fourth-order valence-corrected chi connectivity index (χ4v) is 2.78. The second-order valence-electron chi connectivity index (χ2n) is 5.69. The number of hydrogen-bond acceptors (Lipinski definition) is 5. The Kier molecular flexibility index (Phi) is 8.09. The smallest absolute Gasteiger partial charge is 0.129 e. The van der Waals surface area contributed by atoms with Gasteiger partial charge in [0, 0.05) is 16.3 Å². The van der Waals surface area contributed by atoms with Gasteiger partial charge in [-0.15, -0.1) is 11.8 Å². The van der Waals surface area contributed by atoms with Crippen molar-refractivity contribution >= 4 is 39.1 Å². The first-order valence-corrected chi connectivity index (χ1v) is 9.39. The Bertz CT molecular complexity index is 241. The average molecular weight is 296 g/mol. The molecule has 0 radical (unpaired) electrons. The summed E-state index contributed by atoms with van der Waals surface area (Å²) in [5.41, 5.74) is 0.918. The van der Waals surface area contributed by atoms with E-state index in [9.17, 15) is 0 Å². The van der Waals surface area contributed by atoms with Crippen molar-refractivity contribution in [3.8, 4) is 0 Å². The molecule has 5 heteroatoms. The van der Waals surface area contributed by atoms with Crippen molar-refractivity contribution in [3.63, 3.8) is 0 Å². The predicted molar refractivity (Wildman–Crippen MR) is 86.5 cm³/mol. The largest absolute Gasteiger partial charge is 0.390 e. The summed E-state index contributed by atoms with van der Waals surface area (Å²) in [5, 5.41) is 4.30. The van der Waals surface area contributed by atoms with Crippen molar-refractivity contribution in [2.45, 2.75) is 51.9 Å². The van der Waals surface area contributed by atoms with Gasteiger partial charge in [-0.3, -0.25) is 0 Å². The summed E-state index contributed by atoms with van der Waals surface area (Å²) in [6.07, 6.45) is 2.09. The molecule has 0 amide bonds. The molecule has 0 saturated heterocycles. The lowest BCUT2D eigenvalue weighted by Crippen LogP contribution is -2.19. The summed E-state index contributed by atoms with van der Waals surface area (Å²) in [6, 6.07) is 0. The van der Waals surface area contributed by atoms with Crippen LogP contribution >= 0.6 is 33.3 Å². The van der Waals surface area contributed by atoms with E-state index in [-0.39, 0.29) is 10.3 Å². The van der Waals surface area contributed by atoms with E-state index < -0.39 is 0 Å². The Balaban J connectivity index is 4.32. The lowest BCUT2D eigenvalue weighted by molar-refractivity contribution is 0.000836. The molecule has 0 aliphatic rings. The third-order valence-corrected chi connectivity index (χ3v) is 4.55. The van der Waals surface area contributed by atoms with Gasteiger partial charge in [-0.1, -0.05) is 47.5 Å². The van der Waals surface area contributed by atoms with Gasteiger partial charge >= 0.3 is 0 Å². The highest BCUT2D eigenvalue weighted by Crippen LogP contribution is 2.25. The molecule has 0 spiro atoms. The number of hydrogen-bond donors (Lipinski definition) is 0. The van der Waals surface area contributed by atoms with Gasteiger partial charge in [0.15, 0.2) is 0 Å². The number of thioether (sulfide) groups is 1. The van der Waals surface area contributed by atoms with Crippen LogP contribution in [-0.4, -0.2) is 33.8 Å². The van der Waals surface area contributed by atoms with E-state index in [0.717, 1.165) is 17.2 Å². The average Bonchev–Trinajstić information content (AvgIpc) is 2.13. The molecular weight excluding hydrogens is 270 g/mol. The van der Waals surface area contributed by atoms with Crippen LogP contribution in [0, 0.1) is 0 Å². The molecule has 102 valence electrons. The monoisotopic (exact) mass is 295 g/mol. The number of nitrogens with zero attached hydrogens (tertiary/aromatic N) is 1. The van der Waals surface area contributed by atoms with Crippen LogP contribution in [0.4, 0.5) is 0 Å². The van der Waals surface area contributed by atoms with Crippen LogP contribution in [0.3, 0.4) is 0 Å². The molecule has 0 fully saturated rings. The van der Waals surface area contributed by atoms with Gasteiger partial charge in [-0.05, 0) is 27.0 Å². The van der Waals surface area contributed by atoms with Gasteiger partial charge in [0.25, 0.3) is 0 Å². The predicted octanol–water partition coefficient (Wildman–Crippen LogP) is 4.70. The minimum atomic E-state index is -0.207. The summed E-state index contributed by atoms with van der Waals surface area (Å²) in [6.45, 7) is 12.7. The highest BCUT2D eigenvalue weighted by atomic mass is 33.1. The number of rotatable bonds is 6. The van der Waals surface area contributed by atoms with Crippen LogP contribution < -0.4 is 0 Å². The van der Waals surface area contributed by atoms with Gasteiger partial charge in [-0.2, -0.15) is 0 Å². The first kappa shape index (κ1) is 17.5. The highest BCUT2D eigenvalue weighted by Gasteiger charge is 2.15. The van der Waals surface area contributed by atoms with Crippen molar-refractivity contribution in [3.05, 3.63) is 0 Å². The molecule has 0 aliphatic heterocycles. The summed E-state index contributed by atoms with van der Waals surface area (Å²) >= 11 is 1.91. The van der Waals surface area contributed by atoms with Gasteiger partial charge in [0.1, 0.15) is 5.60 Å². The van der Waals surface area contributed by atoms with Crippen LogP contribution in [-0.2, 0) is 4.84 Å². The molecule has 0 rings (SSSR count). The van der Waals surface area contributed by atoms with E-state index in [0.29, 0.717) is 0 Å². The maximum atomic E-state index is 5.51. The molecule has 0 saturated carbocycles. The van der Waals surface area contributed by atoms with Crippen molar-refractivity contribution in [2.75, 3.05) is 17.8 Å². The van der Waals surface area contributed by atoms with Crippen LogP contribution in [0.25, 0.3) is 0 Å². The molecular formula is C12H25NOS3. The molecule has 0 unspecified atom stereocenters. The minimum absolute atomic E-state index is 0.207. The zero-order valence-electron chi connectivity index (χ0n) is 12.0. The lowest BCUT2D eigenvalue weighted by atomic mass is 10.2. The second kappa shape index (κ2) is 7.85. The molecule has 0 aromatic rings. The first-order valence-electron chi connectivity index (χ1n) is 5.67. The Morgan fingerprint density at radius 2 is 1.65 bits per heavy atom. The lowest BCUT2D eigenvalue weighted by Gasteiger charge is -2.20. The van der Waals surface area contributed by atoms with E-state index >= 15 is 0 Å². The highest BCUT2D eigenvalue weighted by molar-refractivity contribution is 8.76. The minimum Gasteiger partial charge on any atom is -0.390 e. The Labute approximate surface area is 118 Å². The quantitative estimate of drug-likeness (QED) is 0.402. The molecule has 0 heterocycles. The van der Waals surface area contributed by atoms with Crippen molar-refractivity contribution in [1.29, 1.82) is 0 Å². The van der Waals surface area contributed by atoms with Crippen LogP contribution in [0.15, 0.2) is 5.16 Å². The Morgan fingerprint density at radius 1 is 1.06 bits per heavy atom. The van der Waals surface area contributed by atoms with Gasteiger partial charge in [0.2, 0.25) is 0 Å². The molecule has 0 bridgehead atoms. The van der Waals surface area contributed by atoms with Gasteiger partial charge in [0.05, 0.1) is 5.71 Å². The zero-order valence-corrected chi connectivity index (χ0v) is 14.4. The van der Waals surface area contributed by atoms with E-state index in [1.807, 2.05) is 43.3 Å². The third-order valence-electron chi connectivity index (χ3n) is 1.46. The normalized spacial score (nSPS) is 13.9. The van der Waals surface area contributed by atoms with Gasteiger partial charge in [-0.25, -0.2) is 0 Å². The fourth-order valence-electron chi connectivity index (χ4n) is 0.723. The van der Waals surface area contributed by atoms with Crippen LogP contribution in [0.5, 0.6) is 0 Å². The molecule has 0 aromatic carbocycles. The maximum absolute atomic E-state index is 5.51. The summed E-state index contributed by atoms with van der Waals surface area (Å²) < 4.78 is 0.270. The molecule has 17 heavy (non-hydrogen) atoms. The Morgan fingerprint density at radius 3 is 2.06 bits per heavy atom. The Hall–Kier alpha value is 0.520. The summed E-state index contributed by atoms with van der Waals surface area (Å²) in [4.78, 5) is 5.51. The second-order valence-corrected chi connectivity index (χ2v) is 10.1. The van der Waals surface area contributed by atoms with Crippen molar-refractivity contribution in [1.82, 2.24) is 0 Å². The van der Waals surface area contributed by atoms with E-state index in [1.54, 1.807) is 10.8 Å².